The van der Waals surface area contributed by atoms with Gasteiger partial charge in [0.15, 0.2) is 12.4 Å². The molecule has 0 aromatic carbocycles. The molecule has 6 nitrogen and oxygen atoms in total. The molecule has 23 heavy (non-hydrogen) atoms. The van der Waals surface area contributed by atoms with Crippen molar-refractivity contribution in [2.75, 3.05) is 13.2 Å². The molecular formula is C17H30O6. The number of hydrogen-bond donors (Lipinski definition) is 0. The van der Waals surface area contributed by atoms with Gasteiger partial charge < -0.3 is 18.9 Å². The van der Waals surface area contributed by atoms with E-state index in [2.05, 4.69) is 13.8 Å². The molecule has 0 aromatic heterocycles. The number of ether oxygens (including phenoxy) is 4. The van der Waals surface area contributed by atoms with Crippen molar-refractivity contribution in [2.45, 2.75) is 66.5 Å². The Labute approximate surface area is 138 Å². The maximum atomic E-state index is 11.4. The third kappa shape index (κ3) is 6.47. The number of rotatable bonds is 7. The average Bonchev–Trinajstić information content (AvgIpc) is 2.44. The zero-order valence-corrected chi connectivity index (χ0v) is 15.0. The van der Waals surface area contributed by atoms with Crippen LogP contribution in [0.25, 0.3) is 0 Å². The van der Waals surface area contributed by atoms with Crippen LogP contribution in [0, 0.1) is 17.8 Å². The summed E-state index contributed by atoms with van der Waals surface area (Å²) in [6.45, 7) is 11.7. The molecule has 1 heterocycles. The Bertz CT molecular complexity index is 393. The van der Waals surface area contributed by atoms with Gasteiger partial charge in [-0.2, -0.15) is 0 Å². The third-order valence-corrected chi connectivity index (χ3v) is 4.24. The fraction of sp³-hybridized carbons (Fsp3) is 0.882. The second-order valence-electron chi connectivity index (χ2n) is 6.69. The van der Waals surface area contributed by atoms with E-state index in [1.165, 1.54) is 13.8 Å². The van der Waals surface area contributed by atoms with Crippen LogP contribution < -0.4 is 0 Å². The molecule has 6 heteroatoms. The Morgan fingerprint density at radius 3 is 2.26 bits per heavy atom. The first-order valence-electron chi connectivity index (χ1n) is 8.30. The second kappa shape index (κ2) is 9.23. The van der Waals surface area contributed by atoms with Crippen molar-refractivity contribution in [3.8, 4) is 0 Å². The highest BCUT2D eigenvalue weighted by Gasteiger charge is 2.44. The average molecular weight is 330 g/mol. The van der Waals surface area contributed by atoms with Gasteiger partial charge in [0.25, 0.3) is 0 Å². The largest absolute Gasteiger partial charge is 0.463 e. The molecule has 0 N–H and O–H groups in total. The lowest BCUT2D eigenvalue weighted by Gasteiger charge is -2.43. The van der Waals surface area contributed by atoms with Crippen LogP contribution >= 0.6 is 0 Å². The summed E-state index contributed by atoms with van der Waals surface area (Å²) in [7, 11) is 0. The smallest absolute Gasteiger partial charge is 0.303 e. The molecule has 0 amide bonds. The summed E-state index contributed by atoms with van der Waals surface area (Å²) >= 11 is 0. The summed E-state index contributed by atoms with van der Waals surface area (Å²) < 4.78 is 22.3. The summed E-state index contributed by atoms with van der Waals surface area (Å²) in [6.07, 6.45) is -0.469. The van der Waals surface area contributed by atoms with E-state index in [0.29, 0.717) is 12.5 Å². The van der Waals surface area contributed by atoms with Crippen molar-refractivity contribution < 1.29 is 28.5 Å². The number of hydrogen-bond acceptors (Lipinski definition) is 6. The normalized spacial score (nSPS) is 31.0. The van der Waals surface area contributed by atoms with E-state index in [1.807, 2.05) is 13.8 Å². The van der Waals surface area contributed by atoms with E-state index in [4.69, 9.17) is 18.9 Å². The molecule has 1 aliphatic rings. The Kier molecular flexibility index (Phi) is 7.99. The van der Waals surface area contributed by atoms with Gasteiger partial charge in [-0.25, -0.2) is 0 Å². The van der Waals surface area contributed by atoms with Crippen LogP contribution in [-0.4, -0.2) is 43.7 Å². The third-order valence-electron chi connectivity index (χ3n) is 4.24. The summed E-state index contributed by atoms with van der Waals surface area (Å²) in [4.78, 5) is 22.4. The van der Waals surface area contributed by atoms with Gasteiger partial charge in [-0.05, 0) is 18.3 Å². The summed E-state index contributed by atoms with van der Waals surface area (Å²) in [5, 5.41) is 0. The predicted octanol–water partition coefficient (Wildman–Crippen LogP) is 2.54. The molecule has 0 spiro atoms. The minimum atomic E-state index is -0.635. The van der Waals surface area contributed by atoms with Gasteiger partial charge in [-0.15, -0.1) is 0 Å². The maximum Gasteiger partial charge on any atom is 0.303 e. The van der Waals surface area contributed by atoms with Crippen molar-refractivity contribution >= 4 is 11.9 Å². The molecule has 0 radical (unpaired) electrons. The minimum Gasteiger partial charge on any atom is -0.463 e. The summed E-state index contributed by atoms with van der Waals surface area (Å²) in [5.74, 6) is -0.0683. The van der Waals surface area contributed by atoms with Gasteiger partial charge in [-0.1, -0.05) is 27.7 Å². The lowest BCUT2D eigenvalue weighted by Crippen LogP contribution is -2.53. The molecule has 1 saturated heterocycles. The van der Waals surface area contributed by atoms with Crippen molar-refractivity contribution in [1.29, 1.82) is 0 Å². The van der Waals surface area contributed by atoms with E-state index in [0.717, 1.165) is 6.42 Å². The van der Waals surface area contributed by atoms with Gasteiger partial charge >= 0.3 is 11.9 Å². The fourth-order valence-corrected chi connectivity index (χ4v) is 2.56. The number of carbonyl (C=O) groups is 2. The van der Waals surface area contributed by atoms with Gasteiger partial charge in [0.2, 0.25) is 0 Å². The topological polar surface area (TPSA) is 71.1 Å². The van der Waals surface area contributed by atoms with E-state index < -0.39 is 12.4 Å². The molecule has 134 valence electrons. The molecule has 0 saturated carbocycles. The van der Waals surface area contributed by atoms with Gasteiger partial charge in [0, 0.05) is 19.8 Å². The molecule has 2 unspecified atom stereocenters. The van der Waals surface area contributed by atoms with Crippen LogP contribution in [0.5, 0.6) is 0 Å². The van der Waals surface area contributed by atoms with E-state index in [9.17, 15) is 9.59 Å². The van der Waals surface area contributed by atoms with Crippen molar-refractivity contribution in [2.24, 2.45) is 17.8 Å². The monoisotopic (exact) mass is 330 g/mol. The number of carbonyl (C=O) groups excluding carboxylic acids is 2. The highest BCUT2D eigenvalue weighted by atomic mass is 16.7. The zero-order valence-electron chi connectivity index (χ0n) is 15.0. The van der Waals surface area contributed by atoms with Crippen LogP contribution in [0.15, 0.2) is 0 Å². The van der Waals surface area contributed by atoms with E-state index in [-0.39, 0.29) is 36.5 Å². The maximum absolute atomic E-state index is 11.4. The standard InChI is InChI=1S/C17H30O6/c1-10(2)7-8-20-17-16(22-14(6)19)12(4)11(3)15(23-17)9-21-13(5)18/h10-12,15-17H,7-9H2,1-6H3/t11-,12-,15?,16?,17-/m0/s1. The molecule has 1 rings (SSSR count). The quantitative estimate of drug-likeness (QED) is 0.668. The Hall–Kier alpha value is -1.14. The minimum absolute atomic E-state index is 0.0391. The van der Waals surface area contributed by atoms with Crippen LogP contribution in [-0.2, 0) is 28.5 Å². The van der Waals surface area contributed by atoms with Crippen LogP contribution in [0.4, 0.5) is 0 Å². The lowest BCUT2D eigenvalue weighted by molar-refractivity contribution is -0.280. The van der Waals surface area contributed by atoms with Crippen molar-refractivity contribution in [1.82, 2.24) is 0 Å². The number of esters is 2. The zero-order chi connectivity index (χ0) is 17.6. The summed E-state index contributed by atoms with van der Waals surface area (Å²) in [6, 6.07) is 0. The Balaban J connectivity index is 2.75. The first kappa shape index (κ1) is 19.9. The van der Waals surface area contributed by atoms with Crippen LogP contribution in [0.3, 0.4) is 0 Å². The van der Waals surface area contributed by atoms with E-state index in [1.54, 1.807) is 0 Å². The molecular weight excluding hydrogens is 300 g/mol. The van der Waals surface area contributed by atoms with Crippen molar-refractivity contribution in [3.05, 3.63) is 0 Å². The molecule has 1 aliphatic heterocycles. The molecule has 1 fully saturated rings. The second-order valence-corrected chi connectivity index (χ2v) is 6.69. The van der Waals surface area contributed by atoms with E-state index >= 15 is 0 Å². The molecule has 0 aromatic rings. The first-order valence-corrected chi connectivity index (χ1v) is 8.30. The van der Waals surface area contributed by atoms with Crippen LogP contribution in [0.2, 0.25) is 0 Å². The Morgan fingerprint density at radius 1 is 1.09 bits per heavy atom. The fourth-order valence-electron chi connectivity index (χ4n) is 2.56. The first-order chi connectivity index (χ1) is 10.7. The molecule has 0 aliphatic carbocycles. The molecule has 0 bridgehead atoms. The lowest BCUT2D eigenvalue weighted by atomic mass is 9.83. The SMILES string of the molecule is CC(=O)OCC1O[C@H](OCCC(C)C)C(OC(C)=O)[C@@H](C)[C@@H]1C. The summed E-state index contributed by atoms with van der Waals surface area (Å²) in [5.41, 5.74) is 0. The van der Waals surface area contributed by atoms with Gasteiger partial charge in [0.05, 0.1) is 12.7 Å². The highest BCUT2D eigenvalue weighted by molar-refractivity contribution is 5.66. The predicted molar refractivity (Wildman–Crippen MR) is 84.6 cm³/mol. The Morgan fingerprint density at radius 2 is 1.74 bits per heavy atom. The van der Waals surface area contributed by atoms with Crippen LogP contribution in [0.1, 0.15) is 48.0 Å². The molecule has 5 atom stereocenters. The van der Waals surface area contributed by atoms with Gasteiger partial charge in [-0.3, -0.25) is 9.59 Å². The highest BCUT2D eigenvalue weighted by Crippen LogP contribution is 2.33. The van der Waals surface area contributed by atoms with Crippen molar-refractivity contribution in [3.63, 3.8) is 0 Å². The van der Waals surface area contributed by atoms with Gasteiger partial charge in [0.1, 0.15) is 6.61 Å².